The Morgan fingerprint density at radius 1 is 0.944 bits per heavy atom. The third-order valence-electron chi connectivity index (χ3n) is 6.51. The number of alkyl halides is 3. The van der Waals surface area contributed by atoms with E-state index in [0.29, 0.717) is 24.5 Å². The van der Waals surface area contributed by atoms with Crippen molar-refractivity contribution >= 4 is 28.1 Å². The molecule has 1 amide bonds. The highest BCUT2D eigenvalue weighted by atomic mass is 19.4. The van der Waals surface area contributed by atoms with Crippen LogP contribution in [-0.2, 0) is 6.18 Å². The summed E-state index contributed by atoms with van der Waals surface area (Å²) in [6, 6.07) is 18.7. The second-order valence-corrected chi connectivity index (χ2v) is 8.99. The number of piperazine rings is 1. The van der Waals surface area contributed by atoms with E-state index in [1.165, 1.54) is 6.07 Å². The Labute approximate surface area is 207 Å². The van der Waals surface area contributed by atoms with E-state index in [9.17, 15) is 18.0 Å². The van der Waals surface area contributed by atoms with E-state index in [4.69, 9.17) is 0 Å². The summed E-state index contributed by atoms with van der Waals surface area (Å²) < 4.78 is 40.9. The number of likely N-dealkylation sites (N-methyl/N-ethyl adjacent to an activating group) is 1. The molecule has 0 spiro atoms. The maximum Gasteiger partial charge on any atom is 0.416 e. The second-order valence-electron chi connectivity index (χ2n) is 8.99. The van der Waals surface area contributed by atoms with Gasteiger partial charge in [-0.25, -0.2) is 0 Å². The Hall–Kier alpha value is -3.91. The Morgan fingerprint density at radius 2 is 1.69 bits per heavy atom. The van der Waals surface area contributed by atoms with Crippen molar-refractivity contribution in [1.29, 1.82) is 0 Å². The number of fused-ring (bicyclic) bond motifs is 1. The number of hydrogen-bond donors (Lipinski definition) is 1. The van der Waals surface area contributed by atoms with Crippen molar-refractivity contribution < 1.29 is 18.0 Å². The predicted octanol–water partition coefficient (Wildman–Crippen LogP) is 5.92. The fourth-order valence-electron chi connectivity index (χ4n) is 4.46. The summed E-state index contributed by atoms with van der Waals surface area (Å²) >= 11 is 0. The van der Waals surface area contributed by atoms with E-state index in [1.807, 2.05) is 48.3 Å². The summed E-state index contributed by atoms with van der Waals surface area (Å²) in [5.41, 5.74) is 2.05. The molecule has 0 atom stereocenters. The fraction of sp³-hybridized carbons (Fsp3) is 0.214. The number of benzene rings is 3. The quantitative estimate of drug-likeness (QED) is 0.386. The number of amides is 1. The zero-order valence-corrected chi connectivity index (χ0v) is 19.7. The molecule has 0 bridgehead atoms. The summed E-state index contributed by atoms with van der Waals surface area (Å²) in [5, 5.41) is 4.83. The monoisotopic (exact) mass is 490 g/mol. The molecule has 8 heteroatoms. The Balaban J connectivity index is 1.39. The molecular weight excluding hydrogens is 465 g/mol. The van der Waals surface area contributed by atoms with E-state index >= 15 is 0 Å². The molecule has 5 rings (SSSR count). The molecule has 1 aliphatic heterocycles. The van der Waals surface area contributed by atoms with E-state index in [0.717, 1.165) is 47.1 Å². The van der Waals surface area contributed by atoms with Gasteiger partial charge in [0.2, 0.25) is 0 Å². The average molecular weight is 491 g/mol. The van der Waals surface area contributed by atoms with Crippen molar-refractivity contribution in [3.63, 3.8) is 0 Å². The van der Waals surface area contributed by atoms with Crippen LogP contribution in [0.25, 0.3) is 21.9 Å². The number of halogens is 3. The van der Waals surface area contributed by atoms with Gasteiger partial charge in [0, 0.05) is 60.9 Å². The van der Waals surface area contributed by atoms with Gasteiger partial charge < -0.3 is 15.1 Å². The maximum absolute atomic E-state index is 13.6. The van der Waals surface area contributed by atoms with E-state index < -0.39 is 17.6 Å². The second kappa shape index (κ2) is 9.62. The molecular formula is C28H25F3N4O. The van der Waals surface area contributed by atoms with E-state index in [2.05, 4.69) is 15.2 Å². The highest BCUT2D eigenvalue weighted by Gasteiger charge is 2.32. The SMILES string of the molecule is CN1CCN(c2cc(C(=O)Nc3ccc(-c4cccc5cnccc45)cc3)cc(C(F)(F)F)c2)CC1. The molecule has 5 nitrogen and oxygen atoms in total. The van der Waals surface area contributed by atoms with Gasteiger partial charge in [-0.15, -0.1) is 0 Å². The number of nitrogens with zero attached hydrogens (tertiary/aromatic N) is 3. The van der Waals surface area contributed by atoms with Crippen molar-refractivity contribution in [3.05, 3.63) is 90.3 Å². The van der Waals surface area contributed by atoms with Crippen LogP contribution < -0.4 is 10.2 Å². The summed E-state index contributed by atoms with van der Waals surface area (Å²) in [5.74, 6) is -0.583. The van der Waals surface area contributed by atoms with Crippen molar-refractivity contribution in [2.45, 2.75) is 6.18 Å². The Morgan fingerprint density at radius 3 is 2.42 bits per heavy atom. The van der Waals surface area contributed by atoms with Gasteiger partial charge in [-0.3, -0.25) is 9.78 Å². The molecule has 1 fully saturated rings. The Bertz CT molecular complexity index is 1390. The van der Waals surface area contributed by atoms with Crippen LogP contribution in [0.3, 0.4) is 0 Å². The first-order valence-corrected chi connectivity index (χ1v) is 11.7. The lowest BCUT2D eigenvalue weighted by atomic mass is 9.99. The van der Waals surface area contributed by atoms with Crippen LogP contribution in [-0.4, -0.2) is 49.0 Å². The van der Waals surface area contributed by atoms with E-state index in [1.54, 1.807) is 24.5 Å². The molecule has 1 saturated heterocycles. The first kappa shape index (κ1) is 23.8. The summed E-state index contributed by atoms with van der Waals surface area (Å²) in [4.78, 5) is 21.2. The molecule has 1 aromatic heterocycles. The molecule has 1 N–H and O–H groups in total. The van der Waals surface area contributed by atoms with Gasteiger partial charge in [0.25, 0.3) is 5.91 Å². The summed E-state index contributed by atoms with van der Waals surface area (Å²) in [7, 11) is 1.98. The number of carbonyl (C=O) groups is 1. The molecule has 0 radical (unpaired) electrons. The van der Waals surface area contributed by atoms with Gasteiger partial charge in [-0.05, 0) is 60.0 Å². The molecule has 1 aliphatic rings. The Kier molecular flexibility index (Phi) is 6.36. The largest absolute Gasteiger partial charge is 0.416 e. The molecule has 0 saturated carbocycles. The lowest BCUT2D eigenvalue weighted by Gasteiger charge is -2.34. The standard InChI is InChI=1S/C28H25F3N4O/c1-34-11-13-35(14-12-34)24-16-21(15-22(17-24)28(29,30)31)27(36)33-23-7-5-19(6-8-23)25-4-2-3-20-18-32-10-9-26(20)25/h2-10,15-18H,11-14H2,1H3,(H,33,36). The molecule has 3 aromatic carbocycles. The zero-order valence-electron chi connectivity index (χ0n) is 19.7. The number of anilines is 2. The highest BCUT2D eigenvalue weighted by Crippen LogP contribution is 2.34. The van der Waals surface area contributed by atoms with Crippen molar-refractivity contribution in [2.24, 2.45) is 0 Å². The topological polar surface area (TPSA) is 48.5 Å². The third kappa shape index (κ3) is 5.04. The van der Waals surface area contributed by atoms with Crippen LogP contribution in [0.1, 0.15) is 15.9 Å². The van der Waals surface area contributed by atoms with Crippen molar-refractivity contribution in [2.75, 3.05) is 43.4 Å². The zero-order chi connectivity index (χ0) is 25.3. The number of hydrogen-bond acceptors (Lipinski definition) is 4. The number of carbonyl (C=O) groups excluding carboxylic acids is 1. The van der Waals surface area contributed by atoms with Crippen LogP contribution in [0.2, 0.25) is 0 Å². The molecule has 184 valence electrons. The van der Waals surface area contributed by atoms with Crippen LogP contribution in [0, 0.1) is 0 Å². The number of rotatable bonds is 4. The van der Waals surface area contributed by atoms with Gasteiger partial charge in [-0.1, -0.05) is 30.3 Å². The van der Waals surface area contributed by atoms with E-state index in [-0.39, 0.29) is 5.56 Å². The smallest absolute Gasteiger partial charge is 0.369 e. The predicted molar refractivity (Wildman–Crippen MR) is 136 cm³/mol. The number of pyridine rings is 1. The lowest BCUT2D eigenvalue weighted by molar-refractivity contribution is -0.137. The normalized spacial score (nSPS) is 14.7. The summed E-state index contributed by atoms with van der Waals surface area (Å²) in [6.45, 7) is 2.70. The van der Waals surface area contributed by atoms with Crippen LogP contribution >= 0.6 is 0 Å². The first-order chi connectivity index (χ1) is 17.3. The summed E-state index contributed by atoms with van der Waals surface area (Å²) in [6.07, 6.45) is -1.00. The molecule has 0 unspecified atom stereocenters. The number of nitrogens with one attached hydrogen (secondary N) is 1. The van der Waals surface area contributed by atoms with Crippen LogP contribution in [0.4, 0.5) is 24.5 Å². The maximum atomic E-state index is 13.6. The minimum absolute atomic E-state index is 0.0237. The number of aromatic nitrogens is 1. The van der Waals surface area contributed by atoms with Crippen molar-refractivity contribution in [3.8, 4) is 11.1 Å². The first-order valence-electron chi connectivity index (χ1n) is 11.7. The minimum Gasteiger partial charge on any atom is -0.369 e. The molecule has 4 aromatic rings. The third-order valence-corrected chi connectivity index (χ3v) is 6.51. The van der Waals surface area contributed by atoms with Gasteiger partial charge in [0.05, 0.1) is 5.56 Å². The molecule has 0 aliphatic carbocycles. The van der Waals surface area contributed by atoms with Crippen LogP contribution in [0.15, 0.2) is 79.1 Å². The van der Waals surface area contributed by atoms with Gasteiger partial charge in [-0.2, -0.15) is 13.2 Å². The van der Waals surface area contributed by atoms with Gasteiger partial charge in [0.15, 0.2) is 0 Å². The minimum atomic E-state index is -4.55. The lowest BCUT2D eigenvalue weighted by Crippen LogP contribution is -2.44. The fourth-order valence-corrected chi connectivity index (χ4v) is 4.46. The van der Waals surface area contributed by atoms with Gasteiger partial charge >= 0.3 is 6.18 Å². The van der Waals surface area contributed by atoms with Crippen molar-refractivity contribution in [1.82, 2.24) is 9.88 Å². The van der Waals surface area contributed by atoms with Crippen LogP contribution in [0.5, 0.6) is 0 Å². The highest BCUT2D eigenvalue weighted by molar-refractivity contribution is 6.05. The molecule has 36 heavy (non-hydrogen) atoms. The average Bonchev–Trinajstić information content (AvgIpc) is 2.88. The van der Waals surface area contributed by atoms with Gasteiger partial charge in [0.1, 0.15) is 0 Å². The molecule has 2 heterocycles.